The first-order valence-electron chi connectivity index (χ1n) is 8.78. The lowest BCUT2D eigenvalue weighted by Gasteiger charge is -2.23. The van der Waals surface area contributed by atoms with Gasteiger partial charge < -0.3 is 0 Å². The fourth-order valence-electron chi connectivity index (χ4n) is 3.54. The number of benzene rings is 2. The second-order valence-electron chi connectivity index (χ2n) is 7.57. The van der Waals surface area contributed by atoms with Gasteiger partial charge >= 0.3 is 0 Å². The molecule has 0 spiro atoms. The Morgan fingerprint density at radius 2 is 1.20 bits per heavy atom. The van der Waals surface area contributed by atoms with Crippen LogP contribution in [-0.4, -0.2) is 0 Å². The molecular weight excluding hydrogens is 321 g/mol. The van der Waals surface area contributed by atoms with Gasteiger partial charge in [-0.25, -0.2) is 13.2 Å². The van der Waals surface area contributed by atoms with Crippen LogP contribution in [0.3, 0.4) is 0 Å². The van der Waals surface area contributed by atoms with Crippen LogP contribution in [-0.2, 0) is 0 Å². The molecule has 0 aromatic heterocycles. The maximum Gasteiger partial charge on any atom is 0.167 e. The van der Waals surface area contributed by atoms with Crippen LogP contribution in [0.4, 0.5) is 13.2 Å². The first-order chi connectivity index (χ1) is 11.5. The molecule has 2 aromatic rings. The van der Waals surface area contributed by atoms with Crippen LogP contribution in [0.1, 0.15) is 72.9 Å². The summed E-state index contributed by atoms with van der Waals surface area (Å²) in [6.07, 6.45) is 0. The molecular formula is C22H27F3. The molecule has 25 heavy (non-hydrogen) atoms. The Bertz CT molecular complexity index is 801. The van der Waals surface area contributed by atoms with Crippen LogP contribution in [0, 0.1) is 45.1 Å². The largest absolute Gasteiger partial charge is 0.206 e. The molecule has 0 N–H and O–H groups in total. The molecule has 0 unspecified atom stereocenters. The third kappa shape index (κ3) is 3.09. The molecule has 0 nitrogen and oxygen atoms in total. The van der Waals surface area contributed by atoms with Gasteiger partial charge in [0.1, 0.15) is 5.82 Å². The van der Waals surface area contributed by atoms with Crippen molar-refractivity contribution in [2.75, 3.05) is 0 Å². The van der Waals surface area contributed by atoms with E-state index < -0.39 is 17.5 Å². The van der Waals surface area contributed by atoms with Gasteiger partial charge in [-0.2, -0.15) is 0 Å². The molecule has 0 heterocycles. The molecule has 0 aliphatic carbocycles. The molecule has 2 rings (SSSR count). The van der Waals surface area contributed by atoms with E-state index in [0.717, 1.165) is 5.56 Å². The minimum atomic E-state index is -0.948. The molecule has 0 bridgehead atoms. The normalized spacial score (nSPS) is 11.7. The van der Waals surface area contributed by atoms with Crippen molar-refractivity contribution >= 4 is 0 Å². The van der Waals surface area contributed by atoms with Crippen LogP contribution in [0.25, 0.3) is 11.1 Å². The molecule has 2 aromatic carbocycles. The van der Waals surface area contributed by atoms with Crippen molar-refractivity contribution in [3.05, 3.63) is 56.9 Å². The van der Waals surface area contributed by atoms with E-state index in [4.69, 9.17) is 0 Å². The molecule has 0 fully saturated rings. The highest BCUT2D eigenvalue weighted by molar-refractivity contribution is 5.76. The lowest BCUT2D eigenvalue weighted by Crippen LogP contribution is -2.09. The van der Waals surface area contributed by atoms with Crippen molar-refractivity contribution < 1.29 is 13.2 Å². The van der Waals surface area contributed by atoms with Crippen LogP contribution in [0.2, 0.25) is 0 Å². The minimum Gasteiger partial charge on any atom is -0.206 e. The average molecular weight is 348 g/mol. The summed E-state index contributed by atoms with van der Waals surface area (Å²) < 4.78 is 45.0. The molecule has 0 aliphatic rings. The zero-order valence-electron chi connectivity index (χ0n) is 16.4. The Labute approximate surface area is 149 Å². The van der Waals surface area contributed by atoms with E-state index in [1.165, 1.54) is 0 Å². The van der Waals surface area contributed by atoms with Gasteiger partial charge in [-0.05, 0) is 72.9 Å². The Morgan fingerprint density at radius 1 is 0.640 bits per heavy atom. The SMILES string of the molecule is Cc1cc(C(C)C)c(-c2c(C)c(C)c(C(C)C)c(F)c2F)c(F)c1C. The first-order valence-corrected chi connectivity index (χ1v) is 8.78. The van der Waals surface area contributed by atoms with Crippen molar-refractivity contribution in [2.24, 2.45) is 0 Å². The summed E-state index contributed by atoms with van der Waals surface area (Å²) >= 11 is 0. The number of hydrogen-bond donors (Lipinski definition) is 0. The van der Waals surface area contributed by atoms with Crippen LogP contribution in [0.15, 0.2) is 6.07 Å². The topological polar surface area (TPSA) is 0 Å². The summed E-state index contributed by atoms with van der Waals surface area (Å²) in [5, 5.41) is 0. The van der Waals surface area contributed by atoms with Gasteiger partial charge in [-0.15, -0.1) is 0 Å². The van der Waals surface area contributed by atoms with Crippen molar-refractivity contribution in [1.82, 2.24) is 0 Å². The minimum absolute atomic E-state index is 0.00394. The van der Waals surface area contributed by atoms with E-state index in [-0.39, 0.29) is 23.0 Å². The highest BCUT2D eigenvalue weighted by Crippen LogP contribution is 2.41. The van der Waals surface area contributed by atoms with Gasteiger partial charge in [0.15, 0.2) is 11.6 Å². The van der Waals surface area contributed by atoms with E-state index in [1.54, 1.807) is 20.8 Å². The predicted octanol–water partition coefficient (Wildman–Crippen LogP) is 7.25. The summed E-state index contributed by atoms with van der Waals surface area (Å²) in [5.41, 5.74) is 3.92. The molecule has 0 amide bonds. The second kappa shape index (κ2) is 6.86. The van der Waals surface area contributed by atoms with Crippen LogP contribution in [0.5, 0.6) is 0 Å². The number of hydrogen-bond acceptors (Lipinski definition) is 0. The summed E-state index contributed by atoms with van der Waals surface area (Å²) in [6, 6.07) is 1.89. The highest BCUT2D eigenvalue weighted by Gasteiger charge is 2.27. The molecule has 0 saturated heterocycles. The fraction of sp³-hybridized carbons (Fsp3) is 0.455. The van der Waals surface area contributed by atoms with Gasteiger partial charge in [-0.3, -0.25) is 0 Å². The summed E-state index contributed by atoms with van der Waals surface area (Å²) in [6.45, 7) is 14.6. The highest BCUT2D eigenvalue weighted by atomic mass is 19.2. The molecule has 0 radical (unpaired) electrons. The summed E-state index contributed by atoms with van der Waals surface area (Å²) in [4.78, 5) is 0. The van der Waals surface area contributed by atoms with Gasteiger partial charge in [0.25, 0.3) is 0 Å². The summed E-state index contributed by atoms with van der Waals surface area (Å²) in [5.74, 6) is -2.41. The number of halogens is 3. The van der Waals surface area contributed by atoms with E-state index >= 15 is 8.78 Å². The van der Waals surface area contributed by atoms with Gasteiger partial charge in [-0.1, -0.05) is 33.8 Å². The smallest absolute Gasteiger partial charge is 0.167 e. The van der Waals surface area contributed by atoms with E-state index in [1.807, 2.05) is 40.7 Å². The Hall–Kier alpha value is -1.77. The third-order valence-corrected chi connectivity index (χ3v) is 5.24. The lowest BCUT2D eigenvalue weighted by molar-refractivity contribution is 0.492. The zero-order chi connectivity index (χ0) is 19.2. The zero-order valence-corrected chi connectivity index (χ0v) is 16.4. The summed E-state index contributed by atoms with van der Waals surface area (Å²) in [7, 11) is 0. The molecule has 0 aliphatic heterocycles. The van der Waals surface area contributed by atoms with Crippen LogP contribution < -0.4 is 0 Å². The quantitative estimate of drug-likeness (QED) is 0.548. The van der Waals surface area contributed by atoms with Gasteiger partial charge in [0, 0.05) is 11.1 Å². The predicted molar refractivity (Wildman–Crippen MR) is 98.9 cm³/mol. The van der Waals surface area contributed by atoms with Crippen molar-refractivity contribution in [3.63, 3.8) is 0 Å². The Kier molecular flexibility index (Phi) is 5.36. The van der Waals surface area contributed by atoms with Crippen molar-refractivity contribution in [2.45, 2.75) is 67.2 Å². The molecule has 136 valence electrons. The van der Waals surface area contributed by atoms with E-state index in [9.17, 15) is 4.39 Å². The van der Waals surface area contributed by atoms with E-state index in [2.05, 4.69) is 0 Å². The molecule has 3 heteroatoms. The van der Waals surface area contributed by atoms with E-state index in [0.29, 0.717) is 27.8 Å². The van der Waals surface area contributed by atoms with Gasteiger partial charge in [0.2, 0.25) is 0 Å². The maximum atomic E-state index is 15.2. The lowest BCUT2D eigenvalue weighted by atomic mass is 9.83. The van der Waals surface area contributed by atoms with Crippen molar-refractivity contribution in [3.8, 4) is 11.1 Å². The Balaban J connectivity index is 3.01. The Morgan fingerprint density at radius 3 is 1.68 bits per heavy atom. The van der Waals surface area contributed by atoms with Crippen LogP contribution >= 0.6 is 0 Å². The van der Waals surface area contributed by atoms with Gasteiger partial charge in [0.05, 0.1) is 0 Å². The monoisotopic (exact) mass is 348 g/mol. The molecule has 0 saturated carbocycles. The maximum absolute atomic E-state index is 15.2. The third-order valence-electron chi connectivity index (χ3n) is 5.24. The van der Waals surface area contributed by atoms with Crippen molar-refractivity contribution in [1.29, 1.82) is 0 Å². The fourth-order valence-corrected chi connectivity index (χ4v) is 3.54. The second-order valence-corrected chi connectivity index (χ2v) is 7.57. The number of aryl methyl sites for hydroxylation is 1. The standard InChI is InChI=1S/C22H27F3/c1-10(2)16-9-12(5)13(6)20(23)19(16)18-15(8)14(7)17(11(3)4)21(24)22(18)25/h9-11H,1-8H3. The average Bonchev–Trinajstić information content (AvgIpc) is 2.52. The number of rotatable bonds is 3. The first kappa shape index (κ1) is 19.6. The molecule has 0 atom stereocenters.